The Labute approximate surface area is 127 Å². The van der Waals surface area contributed by atoms with Crippen molar-refractivity contribution in [3.8, 4) is 0 Å². The Bertz CT molecular complexity index is 550. The van der Waals surface area contributed by atoms with Crippen LogP contribution in [0.15, 0.2) is 40.2 Å². The first-order valence-corrected chi connectivity index (χ1v) is 8.46. The highest BCUT2D eigenvalue weighted by Gasteiger charge is 2.20. The molecule has 1 aliphatic rings. The Morgan fingerprint density at radius 3 is 3.00 bits per heavy atom. The molecule has 1 aliphatic carbocycles. The fourth-order valence-corrected chi connectivity index (χ4v) is 3.99. The van der Waals surface area contributed by atoms with Crippen LogP contribution in [0, 0.1) is 0 Å². The maximum Gasteiger partial charge on any atom is 0.0388 e. The van der Waals surface area contributed by atoms with Gasteiger partial charge in [-0.05, 0) is 60.9 Å². The van der Waals surface area contributed by atoms with Gasteiger partial charge in [0.25, 0.3) is 0 Å². The highest BCUT2D eigenvalue weighted by molar-refractivity contribution is 9.10. The predicted octanol–water partition coefficient (Wildman–Crippen LogP) is 4.72. The van der Waals surface area contributed by atoms with Crippen molar-refractivity contribution in [3.05, 3.63) is 56.2 Å². The molecule has 0 fully saturated rings. The Hall–Kier alpha value is -0.640. The minimum Gasteiger partial charge on any atom is -0.306 e. The van der Waals surface area contributed by atoms with Crippen molar-refractivity contribution in [3.63, 3.8) is 0 Å². The van der Waals surface area contributed by atoms with Crippen molar-refractivity contribution in [1.29, 1.82) is 0 Å². The molecular formula is C16H18BrNS. The van der Waals surface area contributed by atoms with Crippen LogP contribution in [0.4, 0.5) is 0 Å². The molecular weight excluding hydrogens is 318 g/mol. The number of aryl methyl sites for hydroxylation is 1. The second-order valence-corrected chi connectivity index (χ2v) is 7.15. The quantitative estimate of drug-likeness (QED) is 0.855. The van der Waals surface area contributed by atoms with Crippen molar-refractivity contribution >= 4 is 27.3 Å². The normalized spacial score (nSPS) is 20.0. The van der Waals surface area contributed by atoms with Crippen LogP contribution in [0.3, 0.4) is 0 Å². The summed E-state index contributed by atoms with van der Waals surface area (Å²) in [6.07, 6.45) is 3.57. The standard InChI is InChI=1S/C16H18BrNS/c1-11(16-3-2-8-19-16)18-15-7-5-12-9-14(17)6-4-13(12)10-15/h2-4,6,8-9,11,15,18H,5,7,10H2,1H3/t11-,15?/m1/s1. The molecule has 0 amide bonds. The van der Waals surface area contributed by atoms with Crippen LogP contribution in [0.5, 0.6) is 0 Å². The zero-order chi connectivity index (χ0) is 13.2. The van der Waals surface area contributed by atoms with Crippen molar-refractivity contribution in [1.82, 2.24) is 5.32 Å². The van der Waals surface area contributed by atoms with Crippen molar-refractivity contribution in [2.45, 2.75) is 38.3 Å². The molecule has 3 heteroatoms. The molecule has 0 saturated heterocycles. The number of rotatable bonds is 3. The van der Waals surface area contributed by atoms with Crippen LogP contribution >= 0.6 is 27.3 Å². The summed E-state index contributed by atoms with van der Waals surface area (Å²) in [6.45, 7) is 2.27. The number of thiophene rings is 1. The fourth-order valence-electron chi connectivity index (χ4n) is 2.84. The maximum absolute atomic E-state index is 3.78. The molecule has 0 bridgehead atoms. The largest absolute Gasteiger partial charge is 0.306 e. The summed E-state index contributed by atoms with van der Waals surface area (Å²) in [5.74, 6) is 0. The third kappa shape index (κ3) is 3.10. The Morgan fingerprint density at radius 2 is 2.21 bits per heavy atom. The van der Waals surface area contributed by atoms with Gasteiger partial charge in [0.1, 0.15) is 0 Å². The van der Waals surface area contributed by atoms with E-state index in [-0.39, 0.29) is 0 Å². The van der Waals surface area contributed by atoms with Gasteiger partial charge in [0.2, 0.25) is 0 Å². The average molecular weight is 336 g/mol. The van der Waals surface area contributed by atoms with Gasteiger partial charge in [-0.15, -0.1) is 11.3 Å². The van der Waals surface area contributed by atoms with E-state index in [1.165, 1.54) is 33.3 Å². The van der Waals surface area contributed by atoms with Gasteiger partial charge in [-0.1, -0.05) is 28.1 Å². The molecule has 0 saturated carbocycles. The highest BCUT2D eigenvalue weighted by Crippen LogP contribution is 2.27. The molecule has 0 aliphatic heterocycles. The first-order valence-electron chi connectivity index (χ1n) is 6.79. The van der Waals surface area contributed by atoms with Crippen LogP contribution in [-0.2, 0) is 12.8 Å². The van der Waals surface area contributed by atoms with E-state index in [9.17, 15) is 0 Å². The molecule has 1 N–H and O–H groups in total. The number of fused-ring (bicyclic) bond motifs is 1. The molecule has 0 spiro atoms. The number of hydrogen-bond donors (Lipinski definition) is 1. The summed E-state index contributed by atoms with van der Waals surface area (Å²) in [5, 5.41) is 5.93. The van der Waals surface area contributed by atoms with Crippen LogP contribution < -0.4 is 5.32 Å². The summed E-state index contributed by atoms with van der Waals surface area (Å²) in [4.78, 5) is 1.43. The van der Waals surface area contributed by atoms with Crippen molar-refractivity contribution < 1.29 is 0 Å². The third-order valence-electron chi connectivity index (χ3n) is 3.85. The van der Waals surface area contributed by atoms with E-state index in [1.807, 2.05) is 11.3 Å². The molecule has 19 heavy (non-hydrogen) atoms. The van der Waals surface area contributed by atoms with Gasteiger partial charge < -0.3 is 5.32 Å². The molecule has 0 radical (unpaired) electrons. The van der Waals surface area contributed by atoms with E-state index >= 15 is 0 Å². The Balaban J connectivity index is 1.67. The van der Waals surface area contributed by atoms with E-state index in [0.29, 0.717) is 12.1 Å². The predicted molar refractivity (Wildman–Crippen MR) is 85.8 cm³/mol. The number of nitrogens with one attached hydrogen (secondary N) is 1. The fraction of sp³-hybridized carbons (Fsp3) is 0.375. The maximum atomic E-state index is 3.78. The number of benzene rings is 1. The minimum absolute atomic E-state index is 0.460. The minimum atomic E-state index is 0.460. The van der Waals surface area contributed by atoms with Gasteiger partial charge in [-0.3, -0.25) is 0 Å². The molecule has 100 valence electrons. The van der Waals surface area contributed by atoms with Gasteiger partial charge in [0.15, 0.2) is 0 Å². The zero-order valence-electron chi connectivity index (χ0n) is 11.0. The second kappa shape index (κ2) is 5.78. The van der Waals surface area contributed by atoms with E-state index < -0.39 is 0 Å². The lowest BCUT2D eigenvalue weighted by atomic mass is 9.88. The van der Waals surface area contributed by atoms with E-state index in [4.69, 9.17) is 0 Å². The summed E-state index contributed by atoms with van der Waals surface area (Å²) >= 11 is 5.40. The van der Waals surface area contributed by atoms with Crippen LogP contribution in [0.25, 0.3) is 0 Å². The first-order chi connectivity index (χ1) is 9.22. The zero-order valence-corrected chi connectivity index (χ0v) is 13.4. The molecule has 1 heterocycles. The van der Waals surface area contributed by atoms with Crippen molar-refractivity contribution in [2.24, 2.45) is 0 Å². The van der Waals surface area contributed by atoms with Crippen LogP contribution in [0.1, 0.15) is 35.4 Å². The summed E-state index contributed by atoms with van der Waals surface area (Å²) in [6, 6.07) is 12.1. The van der Waals surface area contributed by atoms with Crippen molar-refractivity contribution in [2.75, 3.05) is 0 Å². The molecule has 3 rings (SSSR count). The Morgan fingerprint density at radius 1 is 1.32 bits per heavy atom. The first kappa shape index (κ1) is 13.3. The van der Waals surface area contributed by atoms with Gasteiger partial charge >= 0.3 is 0 Å². The number of halogens is 1. The lowest BCUT2D eigenvalue weighted by Gasteiger charge is -2.28. The molecule has 2 aromatic rings. The van der Waals surface area contributed by atoms with E-state index in [1.54, 1.807) is 0 Å². The lowest BCUT2D eigenvalue weighted by Crippen LogP contribution is -2.36. The summed E-state index contributed by atoms with van der Waals surface area (Å²) in [7, 11) is 0. The second-order valence-electron chi connectivity index (χ2n) is 5.26. The lowest BCUT2D eigenvalue weighted by molar-refractivity contribution is 0.416. The smallest absolute Gasteiger partial charge is 0.0388 e. The molecule has 1 aromatic heterocycles. The van der Waals surface area contributed by atoms with Gasteiger partial charge in [0.05, 0.1) is 0 Å². The summed E-state index contributed by atoms with van der Waals surface area (Å²) in [5.41, 5.74) is 3.02. The SMILES string of the molecule is C[C@@H](NC1CCc2cc(Br)ccc2C1)c1cccs1. The Kier molecular flexibility index (Phi) is 4.06. The molecule has 1 unspecified atom stereocenters. The van der Waals surface area contributed by atoms with Crippen LogP contribution in [-0.4, -0.2) is 6.04 Å². The van der Waals surface area contributed by atoms with E-state index in [0.717, 1.165) is 6.42 Å². The van der Waals surface area contributed by atoms with Crippen LogP contribution in [0.2, 0.25) is 0 Å². The highest BCUT2D eigenvalue weighted by atomic mass is 79.9. The van der Waals surface area contributed by atoms with E-state index in [2.05, 4.69) is 63.9 Å². The average Bonchev–Trinajstić information content (AvgIpc) is 2.93. The number of hydrogen-bond acceptors (Lipinski definition) is 2. The van der Waals surface area contributed by atoms with Gasteiger partial charge in [-0.25, -0.2) is 0 Å². The molecule has 1 nitrogen and oxygen atoms in total. The molecule has 2 atom stereocenters. The summed E-state index contributed by atoms with van der Waals surface area (Å²) < 4.78 is 1.20. The monoisotopic (exact) mass is 335 g/mol. The van der Waals surface area contributed by atoms with Gasteiger partial charge in [0, 0.05) is 21.4 Å². The topological polar surface area (TPSA) is 12.0 Å². The molecule has 1 aromatic carbocycles. The third-order valence-corrected chi connectivity index (χ3v) is 5.40. The van der Waals surface area contributed by atoms with Gasteiger partial charge in [-0.2, -0.15) is 0 Å².